The number of furan rings is 1. The van der Waals surface area contributed by atoms with Crippen LogP contribution in [0.3, 0.4) is 0 Å². The number of aromatic nitrogens is 3. The molecule has 1 N–H and O–H groups in total. The Bertz CT molecular complexity index is 1530. The molecular formula is C30H29N5O4. The largest absolute Gasteiger partial charge is 0.494 e. The van der Waals surface area contributed by atoms with E-state index in [-0.39, 0.29) is 24.9 Å². The fourth-order valence-electron chi connectivity index (χ4n) is 4.47. The van der Waals surface area contributed by atoms with E-state index in [1.165, 1.54) is 4.90 Å². The molecule has 39 heavy (non-hydrogen) atoms. The first-order valence-corrected chi connectivity index (χ1v) is 12.8. The van der Waals surface area contributed by atoms with Crippen LogP contribution in [-0.4, -0.2) is 38.3 Å². The van der Waals surface area contributed by atoms with Gasteiger partial charge in [-0.25, -0.2) is 4.68 Å². The second kappa shape index (κ2) is 12.1. The minimum atomic E-state index is -0.996. The van der Waals surface area contributed by atoms with Gasteiger partial charge in [0.05, 0.1) is 24.9 Å². The standard InChI is InChI=1S/C30H29N5O4/c1-2-38-27-17-9-6-14-24(27)29(30(37)31-19-22-11-4-3-5-12-22)34(20-23-13-10-18-39-23)28(36)21-35-26-16-8-7-15-25(26)32-33-35/h3-18,29H,2,19-21H2,1H3,(H,31,37). The van der Waals surface area contributed by atoms with Crippen molar-refractivity contribution in [3.63, 3.8) is 0 Å². The summed E-state index contributed by atoms with van der Waals surface area (Å²) in [6.07, 6.45) is 1.54. The van der Waals surface area contributed by atoms with Crippen molar-refractivity contribution in [2.45, 2.75) is 32.6 Å². The Labute approximate surface area is 226 Å². The Morgan fingerprint density at radius 1 is 0.974 bits per heavy atom. The predicted molar refractivity (Wildman–Crippen MR) is 145 cm³/mol. The lowest BCUT2D eigenvalue weighted by Crippen LogP contribution is -2.44. The minimum Gasteiger partial charge on any atom is -0.494 e. The average molecular weight is 524 g/mol. The summed E-state index contributed by atoms with van der Waals surface area (Å²) in [6, 6.07) is 26.9. The van der Waals surface area contributed by atoms with E-state index in [1.807, 2.05) is 79.7 Å². The van der Waals surface area contributed by atoms with Crippen molar-refractivity contribution >= 4 is 22.8 Å². The maximum atomic E-state index is 14.0. The lowest BCUT2D eigenvalue weighted by atomic mass is 10.0. The zero-order valence-corrected chi connectivity index (χ0v) is 21.6. The Kier molecular flexibility index (Phi) is 7.97. The van der Waals surface area contributed by atoms with E-state index in [0.29, 0.717) is 35.7 Å². The van der Waals surface area contributed by atoms with E-state index in [4.69, 9.17) is 9.15 Å². The molecule has 0 bridgehead atoms. The first-order valence-electron chi connectivity index (χ1n) is 12.8. The number of nitrogens with one attached hydrogen (secondary N) is 1. The fraction of sp³-hybridized carbons (Fsp3) is 0.200. The number of nitrogens with zero attached hydrogens (tertiary/aromatic N) is 4. The molecule has 0 saturated carbocycles. The van der Waals surface area contributed by atoms with Gasteiger partial charge in [-0.05, 0) is 42.8 Å². The van der Waals surface area contributed by atoms with Crippen LogP contribution in [0, 0.1) is 0 Å². The van der Waals surface area contributed by atoms with E-state index in [0.717, 1.165) is 11.1 Å². The third kappa shape index (κ3) is 5.98. The van der Waals surface area contributed by atoms with Gasteiger partial charge < -0.3 is 19.4 Å². The Morgan fingerprint density at radius 2 is 1.74 bits per heavy atom. The number of carbonyl (C=O) groups excluding carboxylic acids is 2. The summed E-state index contributed by atoms with van der Waals surface area (Å²) < 4.78 is 13.0. The van der Waals surface area contributed by atoms with Crippen molar-refractivity contribution in [2.24, 2.45) is 0 Å². The molecule has 0 aliphatic rings. The van der Waals surface area contributed by atoms with Crippen LogP contribution in [-0.2, 0) is 29.2 Å². The Morgan fingerprint density at radius 3 is 2.54 bits per heavy atom. The molecule has 0 aliphatic carbocycles. The molecule has 0 radical (unpaired) electrons. The molecule has 0 saturated heterocycles. The topological polar surface area (TPSA) is 102 Å². The number of hydrogen-bond donors (Lipinski definition) is 1. The molecule has 1 atom stereocenters. The number of carbonyl (C=O) groups is 2. The fourth-order valence-corrected chi connectivity index (χ4v) is 4.47. The summed E-state index contributed by atoms with van der Waals surface area (Å²) in [5.41, 5.74) is 2.93. The highest BCUT2D eigenvalue weighted by atomic mass is 16.5. The normalized spacial score (nSPS) is 11.7. The first kappa shape index (κ1) is 25.7. The van der Waals surface area contributed by atoms with Crippen LogP contribution in [0.15, 0.2) is 102 Å². The summed E-state index contributed by atoms with van der Waals surface area (Å²) in [7, 11) is 0. The van der Waals surface area contributed by atoms with Gasteiger partial charge in [0.1, 0.15) is 29.6 Å². The maximum absolute atomic E-state index is 14.0. The molecule has 0 aliphatic heterocycles. The molecule has 9 heteroatoms. The number of rotatable bonds is 11. The summed E-state index contributed by atoms with van der Waals surface area (Å²) in [5, 5.41) is 11.4. The second-order valence-electron chi connectivity index (χ2n) is 8.91. The van der Waals surface area contributed by atoms with Gasteiger partial charge in [-0.15, -0.1) is 5.10 Å². The van der Waals surface area contributed by atoms with Gasteiger partial charge in [-0.2, -0.15) is 0 Å². The molecular weight excluding hydrogens is 494 g/mol. The van der Waals surface area contributed by atoms with Crippen LogP contribution < -0.4 is 10.1 Å². The first-order chi connectivity index (χ1) is 19.1. The van der Waals surface area contributed by atoms with E-state index in [2.05, 4.69) is 15.6 Å². The highest BCUT2D eigenvalue weighted by Crippen LogP contribution is 2.32. The van der Waals surface area contributed by atoms with E-state index >= 15 is 0 Å². The molecule has 198 valence electrons. The van der Waals surface area contributed by atoms with Crippen molar-refractivity contribution in [2.75, 3.05) is 6.61 Å². The molecule has 0 fully saturated rings. The highest BCUT2D eigenvalue weighted by Gasteiger charge is 2.34. The van der Waals surface area contributed by atoms with Crippen LogP contribution in [0.2, 0.25) is 0 Å². The smallest absolute Gasteiger partial charge is 0.247 e. The van der Waals surface area contributed by atoms with Crippen LogP contribution >= 0.6 is 0 Å². The number of fused-ring (bicyclic) bond motifs is 1. The highest BCUT2D eigenvalue weighted by molar-refractivity contribution is 5.89. The number of ether oxygens (including phenoxy) is 1. The molecule has 9 nitrogen and oxygen atoms in total. The van der Waals surface area contributed by atoms with E-state index in [1.54, 1.807) is 29.1 Å². The van der Waals surface area contributed by atoms with Crippen LogP contribution in [0.1, 0.15) is 29.9 Å². The lowest BCUT2D eigenvalue weighted by molar-refractivity contribution is -0.142. The van der Waals surface area contributed by atoms with Gasteiger partial charge in [0.25, 0.3) is 0 Å². The molecule has 2 heterocycles. The van der Waals surface area contributed by atoms with Gasteiger partial charge >= 0.3 is 0 Å². The number of hydrogen-bond acceptors (Lipinski definition) is 6. The van der Waals surface area contributed by atoms with Gasteiger partial charge in [-0.1, -0.05) is 65.9 Å². The summed E-state index contributed by atoms with van der Waals surface area (Å²) in [4.78, 5) is 29.5. The lowest BCUT2D eigenvalue weighted by Gasteiger charge is -2.31. The number of benzene rings is 3. The average Bonchev–Trinajstić information content (AvgIpc) is 3.63. The monoisotopic (exact) mass is 523 g/mol. The number of amides is 2. The molecule has 1 unspecified atom stereocenters. The van der Waals surface area contributed by atoms with Gasteiger partial charge in [0, 0.05) is 12.1 Å². The Balaban J connectivity index is 1.53. The zero-order valence-electron chi connectivity index (χ0n) is 21.6. The predicted octanol–water partition coefficient (Wildman–Crippen LogP) is 4.51. The summed E-state index contributed by atoms with van der Waals surface area (Å²) in [5.74, 6) is 0.410. The van der Waals surface area contributed by atoms with Gasteiger partial charge in [0.15, 0.2) is 0 Å². The SMILES string of the molecule is CCOc1ccccc1C(C(=O)NCc1ccccc1)N(Cc1ccco1)C(=O)Cn1nnc2ccccc21. The van der Waals surface area contributed by atoms with E-state index in [9.17, 15) is 9.59 Å². The zero-order chi connectivity index (χ0) is 27.0. The van der Waals surface area contributed by atoms with Crippen LogP contribution in [0.5, 0.6) is 5.75 Å². The Hall–Kier alpha value is -4.92. The molecule has 3 aromatic carbocycles. The van der Waals surface area contributed by atoms with Crippen molar-refractivity contribution in [1.82, 2.24) is 25.2 Å². The van der Waals surface area contributed by atoms with Crippen LogP contribution in [0.4, 0.5) is 0 Å². The summed E-state index contributed by atoms with van der Waals surface area (Å²) in [6.45, 7) is 2.56. The molecule has 0 spiro atoms. The van der Waals surface area contributed by atoms with Gasteiger partial charge in [-0.3, -0.25) is 9.59 Å². The van der Waals surface area contributed by atoms with Crippen molar-refractivity contribution in [3.05, 3.63) is 114 Å². The van der Waals surface area contributed by atoms with Crippen molar-refractivity contribution in [1.29, 1.82) is 0 Å². The van der Waals surface area contributed by atoms with Gasteiger partial charge in [0.2, 0.25) is 11.8 Å². The maximum Gasteiger partial charge on any atom is 0.247 e. The van der Waals surface area contributed by atoms with E-state index < -0.39 is 6.04 Å². The molecule has 2 amide bonds. The second-order valence-corrected chi connectivity index (χ2v) is 8.91. The third-order valence-electron chi connectivity index (χ3n) is 6.31. The minimum absolute atomic E-state index is 0.0718. The molecule has 2 aromatic heterocycles. The number of para-hydroxylation sites is 2. The summed E-state index contributed by atoms with van der Waals surface area (Å²) >= 11 is 0. The quantitative estimate of drug-likeness (QED) is 0.273. The molecule has 5 aromatic rings. The van der Waals surface area contributed by atoms with Crippen molar-refractivity contribution in [3.8, 4) is 5.75 Å². The van der Waals surface area contributed by atoms with Crippen LogP contribution in [0.25, 0.3) is 11.0 Å². The third-order valence-corrected chi connectivity index (χ3v) is 6.31. The van der Waals surface area contributed by atoms with Crippen molar-refractivity contribution < 1.29 is 18.7 Å². The molecule has 5 rings (SSSR count).